The standard InChI is InChI=1S/C37H44N4O4S2/c1-3-22-6-10-28(42)16-32(43)23-7-11-29(30-17-33(44)34(45-2)15-24(30)13-23)25-14-31(36(38)40-18-25)35(47-46-20-22)37-12-4-5-26(37)8-9-27-19-39-21-41(27)37/h8-9,13-15,17-19,21-22,26,29,35-36,40,44H,3-7,10-12,16,20,38H2,1-2H3. The van der Waals surface area contributed by atoms with Crippen molar-refractivity contribution < 1.29 is 19.4 Å². The van der Waals surface area contributed by atoms with Gasteiger partial charge in [0.2, 0.25) is 0 Å². The smallest absolute Gasteiger partial charge is 0.166 e. The number of nitrogens with one attached hydrogen (secondary N) is 1. The van der Waals surface area contributed by atoms with Gasteiger partial charge in [0.15, 0.2) is 17.3 Å². The molecule has 4 bridgehead atoms. The van der Waals surface area contributed by atoms with Gasteiger partial charge in [0, 0.05) is 30.2 Å². The highest BCUT2D eigenvalue weighted by atomic mass is 33.1. The molecule has 0 spiro atoms. The second-order valence-electron chi connectivity index (χ2n) is 13.6. The average molecular weight is 673 g/mol. The Morgan fingerprint density at radius 2 is 2.06 bits per heavy atom. The summed E-state index contributed by atoms with van der Waals surface area (Å²) >= 11 is 0. The van der Waals surface area contributed by atoms with Gasteiger partial charge in [-0.1, -0.05) is 53.5 Å². The summed E-state index contributed by atoms with van der Waals surface area (Å²) in [7, 11) is 5.34. The summed E-state index contributed by atoms with van der Waals surface area (Å²) in [6.07, 6.45) is 21.0. The van der Waals surface area contributed by atoms with Gasteiger partial charge in [-0.25, -0.2) is 4.98 Å². The number of Topliss-reactive ketones (excluding diaryl/α,β-unsaturated/α-hetero) is 2. The lowest BCUT2D eigenvalue weighted by Gasteiger charge is -2.47. The van der Waals surface area contributed by atoms with Crippen molar-refractivity contribution in [1.82, 2.24) is 14.9 Å². The highest BCUT2D eigenvalue weighted by molar-refractivity contribution is 8.77. The Morgan fingerprint density at radius 1 is 1.19 bits per heavy atom. The van der Waals surface area contributed by atoms with Crippen LogP contribution in [0.2, 0.25) is 0 Å². The van der Waals surface area contributed by atoms with E-state index in [1.165, 1.54) is 7.11 Å². The zero-order valence-electron chi connectivity index (χ0n) is 27.1. The summed E-state index contributed by atoms with van der Waals surface area (Å²) in [6, 6.07) is 3.58. The van der Waals surface area contributed by atoms with Gasteiger partial charge in [0.1, 0.15) is 5.78 Å². The number of phenols is 1. The van der Waals surface area contributed by atoms with Crippen molar-refractivity contribution in [2.45, 2.75) is 87.6 Å². The molecule has 3 aliphatic heterocycles. The van der Waals surface area contributed by atoms with Crippen LogP contribution in [0.1, 0.15) is 87.4 Å². The molecular weight excluding hydrogens is 629 g/mol. The van der Waals surface area contributed by atoms with E-state index < -0.39 is 0 Å². The lowest BCUT2D eigenvalue weighted by Crippen LogP contribution is -2.53. The average Bonchev–Trinajstić information content (AvgIpc) is 3.69. The molecule has 2 aliphatic carbocycles. The molecule has 10 heteroatoms. The Bertz CT molecular complexity index is 1690. The second kappa shape index (κ2) is 13.4. The number of imidazole rings is 1. The number of allylic oxidation sites excluding steroid dienone is 4. The molecule has 2 aromatic rings. The third-order valence-electron chi connectivity index (χ3n) is 11.0. The minimum Gasteiger partial charge on any atom is -0.504 e. The largest absolute Gasteiger partial charge is 0.504 e. The van der Waals surface area contributed by atoms with Crippen molar-refractivity contribution in [3.05, 3.63) is 76.5 Å². The number of dihydropyridines is 1. The number of ether oxygens (including phenoxy) is 1. The highest BCUT2D eigenvalue weighted by Gasteiger charge is 2.53. The number of carbonyl (C=O) groups excluding carboxylic acids is 2. The van der Waals surface area contributed by atoms with Crippen molar-refractivity contribution >= 4 is 45.3 Å². The lowest BCUT2D eigenvalue weighted by molar-refractivity contribution is -0.125. The van der Waals surface area contributed by atoms with Gasteiger partial charge >= 0.3 is 0 Å². The zero-order valence-corrected chi connectivity index (χ0v) is 28.7. The number of carbonyl (C=O) groups is 2. The maximum absolute atomic E-state index is 13.6. The molecule has 0 radical (unpaired) electrons. The van der Waals surface area contributed by atoms with E-state index in [-0.39, 0.29) is 46.6 Å². The first-order valence-corrected chi connectivity index (χ1v) is 19.3. The molecular formula is C37H44N4O4S2. The predicted molar refractivity (Wildman–Crippen MR) is 190 cm³/mol. The lowest BCUT2D eigenvalue weighted by atomic mass is 9.76. The number of nitrogens with zero attached hydrogens (tertiary/aromatic N) is 2. The van der Waals surface area contributed by atoms with Crippen LogP contribution >= 0.6 is 21.6 Å². The van der Waals surface area contributed by atoms with Gasteiger partial charge in [0.25, 0.3) is 0 Å². The molecule has 1 aromatic carbocycles. The van der Waals surface area contributed by atoms with Gasteiger partial charge < -0.3 is 25.5 Å². The summed E-state index contributed by atoms with van der Waals surface area (Å²) < 4.78 is 7.89. The number of hydrogen-bond donors (Lipinski definition) is 3. The van der Waals surface area contributed by atoms with E-state index in [9.17, 15) is 14.7 Å². The summed E-state index contributed by atoms with van der Waals surface area (Å²) in [5, 5.41) is 14.5. The molecule has 1 aromatic heterocycles. The van der Waals surface area contributed by atoms with E-state index in [1.54, 1.807) is 6.07 Å². The van der Waals surface area contributed by atoms with Crippen LogP contribution in [0.4, 0.5) is 0 Å². The van der Waals surface area contributed by atoms with Crippen LogP contribution in [0, 0.1) is 11.8 Å². The normalized spacial score (nSPS) is 31.0. The number of methoxy groups -OCH3 is 1. The predicted octanol–water partition coefficient (Wildman–Crippen LogP) is 6.88. The minimum absolute atomic E-state index is 0.00504. The SMILES string of the molecule is CCC1CCC(=O)CC(=O)C2=Cc3cc(OC)c(O)cc3C(CC2)C2=CNC(N)C(=C2)C(C23CCCC2C=Cc2cncn23)SSC1. The van der Waals surface area contributed by atoms with E-state index in [0.29, 0.717) is 42.4 Å². The van der Waals surface area contributed by atoms with Crippen LogP contribution in [0.15, 0.2) is 59.7 Å². The molecule has 0 amide bonds. The fraction of sp³-hybridized carbons (Fsp3) is 0.486. The fourth-order valence-corrected chi connectivity index (χ4v) is 12.1. The zero-order chi connectivity index (χ0) is 32.7. The first kappa shape index (κ1) is 32.3. The quantitative estimate of drug-likeness (QED) is 0.237. The molecule has 6 unspecified atom stereocenters. The van der Waals surface area contributed by atoms with Crippen molar-refractivity contribution in [1.29, 1.82) is 0 Å². The van der Waals surface area contributed by atoms with Crippen molar-refractivity contribution in [2.75, 3.05) is 12.9 Å². The molecule has 0 saturated heterocycles. The molecule has 4 heterocycles. The summed E-state index contributed by atoms with van der Waals surface area (Å²) in [5.41, 5.74) is 12.5. The Hall–Kier alpha value is -3.21. The number of ketones is 2. The van der Waals surface area contributed by atoms with E-state index in [1.807, 2.05) is 52.5 Å². The first-order chi connectivity index (χ1) is 22.8. The first-order valence-electron chi connectivity index (χ1n) is 16.9. The van der Waals surface area contributed by atoms with Crippen LogP contribution in [0.5, 0.6) is 11.5 Å². The molecule has 4 N–H and O–H groups in total. The van der Waals surface area contributed by atoms with Crippen LogP contribution in [-0.2, 0) is 15.1 Å². The molecule has 1 saturated carbocycles. The Labute approximate surface area is 284 Å². The molecule has 8 nitrogen and oxygen atoms in total. The van der Waals surface area contributed by atoms with Gasteiger partial charge in [-0.2, -0.15) is 0 Å². The number of phenolic OH excluding ortho intramolecular Hbond substituents is 1. The fourth-order valence-electron chi connectivity index (χ4n) is 8.35. The number of fused-ring (bicyclic) bond motifs is 10. The molecule has 248 valence electrons. The van der Waals surface area contributed by atoms with E-state index in [0.717, 1.165) is 65.8 Å². The Balaban J connectivity index is 1.37. The maximum Gasteiger partial charge on any atom is 0.166 e. The van der Waals surface area contributed by atoms with Crippen molar-refractivity contribution in [3.63, 3.8) is 0 Å². The Morgan fingerprint density at radius 3 is 2.89 bits per heavy atom. The molecule has 6 atom stereocenters. The number of benzene rings is 1. The Kier molecular flexibility index (Phi) is 9.19. The van der Waals surface area contributed by atoms with E-state index in [4.69, 9.17) is 10.5 Å². The van der Waals surface area contributed by atoms with Crippen molar-refractivity contribution in [2.24, 2.45) is 17.6 Å². The summed E-state index contributed by atoms with van der Waals surface area (Å²) in [4.78, 5) is 31.3. The number of aromatic hydroxyl groups is 1. The van der Waals surface area contributed by atoms with Gasteiger partial charge in [-0.05, 0) is 90.2 Å². The summed E-state index contributed by atoms with van der Waals surface area (Å²) in [6.45, 7) is 2.19. The van der Waals surface area contributed by atoms with E-state index >= 15 is 0 Å². The monoisotopic (exact) mass is 672 g/mol. The van der Waals surface area contributed by atoms with Crippen LogP contribution < -0.4 is 15.8 Å². The van der Waals surface area contributed by atoms with Crippen LogP contribution in [0.25, 0.3) is 12.2 Å². The number of aromatic nitrogens is 2. The van der Waals surface area contributed by atoms with Gasteiger partial charge in [0.05, 0.1) is 48.7 Å². The van der Waals surface area contributed by atoms with Gasteiger partial charge in [-0.3, -0.25) is 9.59 Å². The van der Waals surface area contributed by atoms with Crippen molar-refractivity contribution in [3.8, 4) is 11.5 Å². The maximum atomic E-state index is 13.6. The highest BCUT2D eigenvalue weighted by Crippen LogP contribution is 2.56. The minimum atomic E-state index is -0.364. The molecule has 1 fully saturated rings. The summed E-state index contributed by atoms with van der Waals surface area (Å²) in [5.74, 6) is 1.86. The molecule has 5 aliphatic rings. The van der Waals surface area contributed by atoms with Crippen LogP contribution in [0.3, 0.4) is 0 Å². The van der Waals surface area contributed by atoms with Crippen LogP contribution in [-0.4, -0.2) is 50.5 Å². The second-order valence-corrected chi connectivity index (χ2v) is 16.1. The topological polar surface area (TPSA) is 119 Å². The third kappa shape index (κ3) is 5.91. The molecule has 47 heavy (non-hydrogen) atoms. The third-order valence-corrected chi connectivity index (χ3v) is 14.0. The number of rotatable bonds is 3. The molecule has 7 rings (SSSR count). The number of nitrogens with two attached hydrogens (primary N) is 1. The van der Waals surface area contributed by atoms with Gasteiger partial charge in [-0.15, -0.1) is 0 Å². The number of hydrogen-bond acceptors (Lipinski definition) is 9. The van der Waals surface area contributed by atoms with E-state index in [2.05, 4.69) is 40.0 Å².